The zero-order valence-corrected chi connectivity index (χ0v) is 15.3. The first-order valence-corrected chi connectivity index (χ1v) is 8.92. The highest BCUT2D eigenvalue weighted by Crippen LogP contribution is 2.44. The molecule has 3 rings (SSSR count). The fourth-order valence-corrected chi connectivity index (χ4v) is 3.96. The second-order valence-corrected chi connectivity index (χ2v) is 7.43. The zero-order chi connectivity index (χ0) is 16.6. The van der Waals surface area contributed by atoms with Crippen LogP contribution in [0.25, 0.3) is 0 Å². The summed E-state index contributed by atoms with van der Waals surface area (Å²) in [5.41, 5.74) is 0.812. The summed E-state index contributed by atoms with van der Waals surface area (Å²) in [6.07, 6.45) is 9.16. The lowest BCUT2D eigenvalue weighted by Gasteiger charge is -2.34. The molecule has 0 spiro atoms. The van der Waals surface area contributed by atoms with Crippen LogP contribution in [0.15, 0.2) is 36.0 Å². The molecule has 2 unspecified atom stereocenters. The number of rotatable bonds is 1. The van der Waals surface area contributed by atoms with Gasteiger partial charge in [0, 0.05) is 17.6 Å². The summed E-state index contributed by atoms with van der Waals surface area (Å²) in [6, 6.07) is 0. The number of fused-ring (bicyclic) bond motifs is 1. The highest BCUT2D eigenvalue weighted by atomic mass is 127. The smallest absolute Gasteiger partial charge is 0.365 e. The number of ether oxygens (including phenoxy) is 1. The molecule has 0 amide bonds. The van der Waals surface area contributed by atoms with Crippen molar-refractivity contribution in [1.29, 1.82) is 0 Å². The molecule has 1 heterocycles. The Morgan fingerprint density at radius 3 is 2.87 bits per heavy atom. The van der Waals surface area contributed by atoms with E-state index in [-0.39, 0.29) is 11.8 Å². The van der Waals surface area contributed by atoms with Gasteiger partial charge in [-0.25, -0.2) is 0 Å². The van der Waals surface area contributed by atoms with Gasteiger partial charge >= 0.3 is 15.2 Å². The number of carbonyl (C=O) groups excluding carboxylic acids is 2. The van der Waals surface area contributed by atoms with Gasteiger partial charge in [0.15, 0.2) is 6.10 Å². The second-order valence-electron chi connectivity index (χ2n) is 6.32. The topological polar surface area (TPSA) is 57.5 Å². The molecule has 0 radical (unpaired) electrons. The third-order valence-electron chi connectivity index (χ3n) is 4.80. The Kier molecular flexibility index (Phi) is 4.54. The third kappa shape index (κ3) is 2.82. The van der Waals surface area contributed by atoms with E-state index in [1.807, 2.05) is 19.1 Å². The maximum absolute atomic E-state index is 12.5. The monoisotopic (exact) mass is 424 g/mol. The van der Waals surface area contributed by atoms with Gasteiger partial charge in [0.25, 0.3) is 0 Å². The van der Waals surface area contributed by atoms with Crippen molar-refractivity contribution in [3.8, 4) is 0 Å². The molecule has 4 nitrogen and oxygen atoms in total. The normalized spacial score (nSPS) is 30.7. The molecule has 2 aliphatic carbocycles. The minimum Gasteiger partial charge on any atom is -0.365 e. The molecule has 0 aromatic heterocycles. The van der Waals surface area contributed by atoms with Gasteiger partial charge in [-0.05, 0) is 25.7 Å². The summed E-state index contributed by atoms with van der Waals surface area (Å²) in [5.74, 6) is -1.02. The number of hydrogen-bond donors (Lipinski definition) is 0. The van der Waals surface area contributed by atoms with Crippen LogP contribution in [0.2, 0.25) is 0 Å². The molecule has 1 saturated heterocycles. The van der Waals surface area contributed by atoms with Crippen LogP contribution in [-0.4, -0.2) is 33.7 Å². The number of hydrogen-bond acceptors (Lipinski definition) is 3. The molecule has 3 aliphatic rings. The molecule has 23 heavy (non-hydrogen) atoms. The molecule has 0 bridgehead atoms. The van der Waals surface area contributed by atoms with Crippen molar-refractivity contribution < 1.29 is 14.3 Å². The SMILES string of the molecule is C=C1C(=[N+]=C(I)C2CCCCO2)C(=O)C(=O)C2=CC=CCC12C. The van der Waals surface area contributed by atoms with E-state index in [0.29, 0.717) is 24.2 Å². The summed E-state index contributed by atoms with van der Waals surface area (Å²) in [7, 11) is 0. The van der Waals surface area contributed by atoms with Crippen molar-refractivity contribution in [2.24, 2.45) is 5.41 Å². The molecule has 120 valence electrons. The van der Waals surface area contributed by atoms with E-state index in [4.69, 9.17) is 4.74 Å². The zero-order valence-electron chi connectivity index (χ0n) is 13.1. The van der Waals surface area contributed by atoms with Crippen molar-refractivity contribution in [3.63, 3.8) is 0 Å². The lowest BCUT2D eigenvalue weighted by Crippen LogP contribution is -2.45. The van der Waals surface area contributed by atoms with Gasteiger partial charge < -0.3 is 4.74 Å². The highest BCUT2D eigenvalue weighted by molar-refractivity contribution is 14.1. The molecule has 1 aliphatic heterocycles. The Bertz CT molecular complexity index is 719. The maximum Gasteiger partial charge on any atom is 0.382 e. The Balaban J connectivity index is 2.06. The molecular weight excluding hydrogens is 405 g/mol. The number of carbonyl (C=O) groups is 2. The van der Waals surface area contributed by atoms with E-state index >= 15 is 0 Å². The minimum atomic E-state index is -0.556. The van der Waals surface area contributed by atoms with Crippen LogP contribution in [-0.2, 0) is 14.3 Å². The van der Waals surface area contributed by atoms with Crippen LogP contribution in [0.1, 0.15) is 32.6 Å². The van der Waals surface area contributed by atoms with E-state index in [9.17, 15) is 9.59 Å². The second kappa shape index (κ2) is 6.30. The lowest BCUT2D eigenvalue weighted by molar-refractivity contribution is -0.131. The summed E-state index contributed by atoms with van der Waals surface area (Å²) >= 11 is 2.11. The van der Waals surface area contributed by atoms with Crippen LogP contribution in [0, 0.1) is 5.41 Å². The molecule has 0 N–H and O–H groups in total. The van der Waals surface area contributed by atoms with E-state index in [1.54, 1.807) is 6.08 Å². The molecule has 1 saturated carbocycles. The Morgan fingerprint density at radius 1 is 1.39 bits per heavy atom. The number of Topliss-reactive ketones (excluding diaryl/α,β-unsaturated/α-hetero) is 2. The number of nitrogens with zero attached hydrogens (tertiary/aromatic N) is 1. The fourth-order valence-electron chi connectivity index (χ4n) is 3.23. The van der Waals surface area contributed by atoms with Crippen LogP contribution in [0.3, 0.4) is 0 Å². The quantitative estimate of drug-likeness (QED) is 0.281. The molecule has 0 aromatic rings. The average Bonchev–Trinajstić information content (AvgIpc) is 2.58. The number of halogens is 1. The van der Waals surface area contributed by atoms with Gasteiger partial charge in [0.2, 0.25) is 5.78 Å². The molecule has 2 fully saturated rings. The van der Waals surface area contributed by atoms with Gasteiger partial charge in [-0.15, -0.1) is 0 Å². The standard InChI is InChI=1S/C18H19INO3/c1-11-14(20-17(19)13-8-4-6-10-23-13)16(22)15(21)12-7-3-5-9-18(11,12)2/h3,5,7,13H,1,4,6,8-10H2,2H3/q+1. The predicted molar refractivity (Wildman–Crippen MR) is 98.9 cm³/mol. The van der Waals surface area contributed by atoms with Crippen molar-refractivity contribution in [2.75, 3.05) is 6.61 Å². The van der Waals surface area contributed by atoms with Gasteiger partial charge in [-0.3, -0.25) is 9.59 Å². The van der Waals surface area contributed by atoms with Crippen molar-refractivity contribution in [1.82, 2.24) is 4.67 Å². The average molecular weight is 424 g/mol. The summed E-state index contributed by atoms with van der Waals surface area (Å²) < 4.78 is 10.9. The Labute approximate surface area is 149 Å². The van der Waals surface area contributed by atoms with Crippen LogP contribution >= 0.6 is 22.6 Å². The minimum absolute atomic E-state index is 0.0800. The first-order valence-electron chi connectivity index (χ1n) is 7.84. The van der Waals surface area contributed by atoms with E-state index in [0.717, 1.165) is 23.0 Å². The maximum atomic E-state index is 12.5. The molecular formula is C18H19INO3+. The van der Waals surface area contributed by atoms with Crippen LogP contribution in [0.4, 0.5) is 0 Å². The van der Waals surface area contributed by atoms with Crippen molar-refractivity contribution in [2.45, 2.75) is 38.7 Å². The summed E-state index contributed by atoms with van der Waals surface area (Å²) in [4.78, 5) is 24.9. The molecule has 2 atom stereocenters. The summed E-state index contributed by atoms with van der Waals surface area (Å²) in [5, 5.41) is 0. The Morgan fingerprint density at radius 2 is 2.17 bits per heavy atom. The van der Waals surface area contributed by atoms with Crippen LogP contribution in [0.5, 0.6) is 0 Å². The number of allylic oxidation sites excluding steroid dienone is 5. The van der Waals surface area contributed by atoms with Gasteiger partial charge in [0.05, 0.1) is 28.2 Å². The van der Waals surface area contributed by atoms with Gasteiger partial charge in [-0.1, -0.05) is 36.4 Å². The van der Waals surface area contributed by atoms with Gasteiger partial charge in [0.1, 0.15) is 0 Å². The van der Waals surface area contributed by atoms with E-state index in [2.05, 4.69) is 33.8 Å². The van der Waals surface area contributed by atoms with Crippen LogP contribution < -0.4 is 4.67 Å². The van der Waals surface area contributed by atoms with Gasteiger partial charge in [-0.2, -0.15) is 0 Å². The fraction of sp³-hybridized carbons (Fsp3) is 0.444. The largest absolute Gasteiger partial charge is 0.382 e. The first-order chi connectivity index (χ1) is 10.9. The third-order valence-corrected chi connectivity index (χ3v) is 5.74. The van der Waals surface area contributed by atoms with E-state index < -0.39 is 17.0 Å². The van der Waals surface area contributed by atoms with Crippen molar-refractivity contribution >= 4 is 43.6 Å². The van der Waals surface area contributed by atoms with E-state index in [1.165, 1.54) is 0 Å². The highest BCUT2D eigenvalue weighted by Gasteiger charge is 2.52. The van der Waals surface area contributed by atoms with Crippen molar-refractivity contribution in [3.05, 3.63) is 36.0 Å². The predicted octanol–water partition coefficient (Wildman–Crippen LogP) is 2.50. The lowest BCUT2D eigenvalue weighted by atomic mass is 9.63. The summed E-state index contributed by atoms with van der Waals surface area (Å²) in [6.45, 7) is 6.77. The molecule has 5 heteroatoms. The number of ketones is 2. The molecule has 0 aromatic carbocycles. The Hall–Kier alpha value is -1.30. The first kappa shape index (κ1) is 16.6.